The highest BCUT2D eigenvalue weighted by atomic mass is 32.1. The maximum absolute atomic E-state index is 11.7. The van der Waals surface area contributed by atoms with Gasteiger partial charge in [-0.3, -0.25) is 9.69 Å². The van der Waals surface area contributed by atoms with Gasteiger partial charge in [0, 0.05) is 55.4 Å². The maximum atomic E-state index is 11.7. The summed E-state index contributed by atoms with van der Waals surface area (Å²) in [6, 6.07) is 4.32. The van der Waals surface area contributed by atoms with Crippen LogP contribution in [0.4, 0.5) is 0 Å². The Labute approximate surface area is 125 Å². The molecule has 0 saturated carbocycles. The number of nitrogens with zero attached hydrogens (tertiary/aromatic N) is 1. The summed E-state index contributed by atoms with van der Waals surface area (Å²) in [6.07, 6.45) is 2.60. The quantitative estimate of drug-likeness (QED) is 0.799. The van der Waals surface area contributed by atoms with E-state index >= 15 is 0 Å². The van der Waals surface area contributed by atoms with Gasteiger partial charge in [0.1, 0.15) is 0 Å². The molecule has 2 heterocycles. The van der Waals surface area contributed by atoms with Gasteiger partial charge in [-0.15, -0.1) is 11.3 Å². The van der Waals surface area contributed by atoms with Gasteiger partial charge in [0.2, 0.25) is 5.91 Å². The van der Waals surface area contributed by atoms with Crippen LogP contribution in [-0.4, -0.2) is 50.1 Å². The number of thiophene rings is 1. The number of hydrogen-bond acceptors (Lipinski definition) is 4. The van der Waals surface area contributed by atoms with Gasteiger partial charge in [-0.1, -0.05) is 0 Å². The first kappa shape index (κ1) is 15.5. The number of rotatable bonds is 7. The summed E-state index contributed by atoms with van der Waals surface area (Å²) in [7, 11) is 0. The van der Waals surface area contributed by atoms with Crippen LogP contribution in [0.1, 0.15) is 22.6 Å². The molecular weight excluding hydrogens is 270 g/mol. The van der Waals surface area contributed by atoms with Crippen molar-refractivity contribution in [2.75, 3.05) is 39.3 Å². The lowest BCUT2D eigenvalue weighted by molar-refractivity contribution is -0.121. The molecule has 0 aliphatic carbocycles. The molecule has 5 heteroatoms. The van der Waals surface area contributed by atoms with Crippen LogP contribution in [0, 0.1) is 6.92 Å². The number of aryl methyl sites for hydroxylation is 2. The predicted molar refractivity (Wildman–Crippen MR) is 84.3 cm³/mol. The van der Waals surface area contributed by atoms with E-state index in [0.29, 0.717) is 6.42 Å². The normalized spacial score (nSPS) is 16.2. The van der Waals surface area contributed by atoms with Crippen LogP contribution < -0.4 is 10.6 Å². The van der Waals surface area contributed by atoms with Crippen molar-refractivity contribution in [1.29, 1.82) is 0 Å². The summed E-state index contributed by atoms with van der Waals surface area (Å²) in [5, 5.41) is 6.35. The lowest BCUT2D eigenvalue weighted by Gasteiger charge is -2.27. The highest BCUT2D eigenvalue weighted by Crippen LogP contribution is 2.17. The van der Waals surface area contributed by atoms with E-state index in [1.54, 1.807) is 0 Å². The zero-order valence-electron chi connectivity index (χ0n) is 12.3. The Balaban J connectivity index is 1.51. The molecule has 0 atom stereocenters. The lowest BCUT2D eigenvalue weighted by Crippen LogP contribution is -2.46. The zero-order valence-corrected chi connectivity index (χ0v) is 13.1. The molecule has 1 aliphatic rings. The fraction of sp³-hybridized carbons (Fsp3) is 0.667. The van der Waals surface area contributed by atoms with Crippen LogP contribution >= 0.6 is 11.3 Å². The summed E-state index contributed by atoms with van der Waals surface area (Å²) >= 11 is 1.83. The average molecular weight is 295 g/mol. The number of carbonyl (C=O) groups is 1. The van der Waals surface area contributed by atoms with Crippen molar-refractivity contribution in [1.82, 2.24) is 15.5 Å². The minimum Gasteiger partial charge on any atom is -0.355 e. The van der Waals surface area contributed by atoms with Gasteiger partial charge < -0.3 is 10.6 Å². The lowest BCUT2D eigenvalue weighted by atomic mass is 10.2. The molecule has 0 aromatic carbocycles. The molecule has 0 spiro atoms. The van der Waals surface area contributed by atoms with E-state index in [-0.39, 0.29) is 5.91 Å². The van der Waals surface area contributed by atoms with Crippen molar-refractivity contribution in [2.45, 2.75) is 26.2 Å². The third kappa shape index (κ3) is 5.61. The number of hydrogen-bond donors (Lipinski definition) is 2. The highest BCUT2D eigenvalue weighted by Gasteiger charge is 2.09. The van der Waals surface area contributed by atoms with E-state index in [0.717, 1.165) is 52.1 Å². The molecule has 0 bridgehead atoms. The number of nitrogens with one attached hydrogen (secondary N) is 2. The minimum absolute atomic E-state index is 0.188. The molecule has 4 nitrogen and oxygen atoms in total. The second-order valence-corrected chi connectivity index (χ2v) is 6.68. The highest BCUT2D eigenvalue weighted by molar-refractivity contribution is 7.11. The molecule has 1 aliphatic heterocycles. The standard InChI is InChI=1S/C15H25N3OS/c1-13-5-6-14(20-13)3-2-4-15(19)17-9-12-18-10-7-16-8-11-18/h5-6,16H,2-4,7-12H2,1H3,(H,17,19). The van der Waals surface area contributed by atoms with Crippen molar-refractivity contribution >= 4 is 17.2 Å². The van der Waals surface area contributed by atoms with Crippen LogP contribution in [0.25, 0.3) is 0 Å². The Morgan fingerprint density at radius 2 is 2.20 bits per heavy atom. The van der Waals surface area contributed by atoms with Gasteiger partial charge in [0.25, 0.3) is 0 Å². The Bertz CT molecular complexity index is 413. The van der Waals surface area contributed by atoms with E-state index in [2.05, 4.69) is 34.6 Å². The average Bonchev–Trinajstić information content (AvgIpc) is 2.86. The van der Waals surface area contributed by atoms with Crippen molar-refractivity contribution in [3.05, 3.63) is 21.9 Å². The van der Waals surface area contributed by atoms with Crippen molar-refractivity contribution < 1.29 is 4.79 Å². The SMILES string of the molecule is Cc1ccc(CCCC(=O)NCCN2CCNCC2)s1. The zero-order chi connectivity index (χ0) is 14.2. The van der Waals surface area contributed by atoms with Crippen LogP contribution in [0.2, 0.25) is 0 Å². The Morgan fingerprint density at radius 1 is 1.40 bits per heavy atom. The third-order valence-electron chi connectivity index (χ3n) is 3.58. The second-order valence-electron chi connectivity index (χ2n) is 5.31. The monoisotopic (exact) mass is 295 g/mol. The second kappa shape index (κ2) is 8.39. The molecule has 1 aromatic rings. The van der Waals surface area contributed by atoms with Crippen molar-refractivity contribution in [3.63, 3.8) is 0 Å². The maximum Gasteiger partial charge on any atom is 0.220 e. The molecule has 1 fully saturated rings. The van der Waals surface area contributed by atoms with Crippen molar-refractivity contribution in [2.24, 2.45) is 0 Å². The van der Waals surface area contributed by atoms with Crippen LogP contribution in [-0.2, 0) is 11.2 Å². The van der Waals surface area contributed by atoms with E-state index in [1.165, 1.54) is 9.75 Å². The first-order valence-corrected chi connectivity index (χ1v) is 8.31. The first-order valence-electron chi connectivity index (χ1n) is 7.49. The summed E-state index contributed by atoms with van der Waals surface area (Å²) in [4.78, 5) is 16.9. The molecule has 2 N–H and O–H groups in total. The Hall–Kier alpha value is -0.910. The van der Waals surface area contributed by atoms with Crippen LogP contribution in [0.15, 0.2) is 12.1 Å². The molecule has 0 unspecified atom stereocenters. The fourth-order valence-electron chi connectivity index (χ4n) is 2.42. The third-order valence-corrected chi connectivity index (χ3v) is 4.64. The summed E-state index contributed by atoms with van der Waals surface area (Å²) in [6.45, 7) is 8.18. The van der Waals surface area contributed by atoms with Gasteiger partial charge in [-0.25, -0.2) is 0 Å². The van der Waals surface area contributed by atoms with E-state index in [1.807, 2.05) is 11.3 Å². The fourth-order valence-corrected chi connectivity index (χ4v) is 3.35. The molecule has 112 valence electrons. The minimum atomic E-state index is 0.188. The molecule has 1 amide bonds. The van der Waals surface area contributed by atoms with Gasteiger partial charge in [0.05, 0.1) is 0 Å². The van der Waals surface area contributed by atoms with Gasteiger partial charge >= 0.3 is 0 Å². The van der Waals surface area contributed by atoms with Crippen LogP contribution in [0.5, 0.6) is 0 Å². The van der Waals surface area contributed by atoms with Crippen LogP contribution in [0.3, 0.4) is 0 Å². The molecule has 1 aromatic heterocycles. The number of piperazine rings is 1. The van der Waals surface area contributed by atoms with Gasteiger partial charge in [-0.2, -0.15) is 0 Å². The van der Waals surface area contributed by atoms with Crippen molar-refractivity contribution in [3.8, 4) is 0 Å². The first-order chi connectivity index (χ1) is 9.74. The number of carbonyl (C=O) groups excluding carboxylic acids is 1. The van der Waals surface area contributed by atoms with E-state index in [9.17, 15) is 4.79 Å². The Morgan fingerprint density at radius 3 is 2.90 bits per heavy atom. The van der Waals surface area contributed by atoms with E-state index < -0.39 is 0 Å². The van der Waals surface area contributed by atoms with Gasteiger partial charge in [0.15, 0.2) is 0 Å². The Kier molecular flexibility index (Phi) is 6.50. The molecule has 1 saturated heterocycles. The van der Waals surface area contributed by atoms with Gasteiger partial charge in [-0.05, 0) is 31.9 Å². The molecular formula is C15H25N3OS. The van der Waals surface area contributed by atoms with E-state index in [4.69, 9.17) is 0 Å². The smallest absolute Gasteiger partial charge is 0.220 e. The summed E-state index contributed by atoms with van der Waals surface area (Å²) < 4.78 is 0. The topological polar surface area (TPSA) is 44.4 Å². The number of amides is 1. The predicted octanol–water partition coefficient (Wildman–Crippen LogP) is 1.40. The molecule has 20 heavy (non-hydrogen) atoms. The molecule has 2 rings (SSSR count). The summed E-state index contributed by atoms with van der Waals surface area (Å²) in [5.41, 5.74) is 0. The summed E-state index contributed by atoms with van der Waals surface area (Å²) in [5.74, 6) is 0.188. The largest absolute Gasteiger partial charge is 0.355 e. The molecule has 0 radical (unpaired) electrons.